The topological polar surface area (TPSA) is 46.3 Å². The van der Waals surface area contributed by atoms with E-state index in [0.29, 0.717) is 28.4 Å². The molecule has 0 radical (unpaired) electrons. The average molecular weight is 434 g/mol. The Kier molecular flexibility index (Phi) is 4.41. The van der Waals surface area contributed by atoms with E-state index in [-0.39, 0.29) is 20.2 Å². The molecular formula is C19H12ClFN2O2Se. The SMILES string of the molecule is Cc1nc2cc(Cl)c(-c3ccc(N(C=O)c4ccccc4F)[se]3)cc2o1. The Morgan fingerprint density at radius 2 is 2.04 bits per heavy atom. The van der Waals surface area contributed by atoms with E-state index in [9.17, 15) is 9.18 Å². The summed E-state index contributed by atoms with van der Waals surface area (Å²) < 4.78 is 21.4. The third-order valence-corrected chi connectivity index (χ3v) is 6.55. The molecule has 4 aromatic rings. The summed E-state index contributed by atoms with van der Waals surface area (Å²) in [5, 5.41) is 0.567. The number of halogens is 2. The molecule has 4 nitrogen and oxygen atoms in total. The van der Waals surface area contributed by atoms with E-state index in [1.165, 1.54) is 11.0 Å². The number of rotatable bonds is 4. The molecule has 0 atom stereocenters. The van der Waals surface area contributed by atoms with Crippen LogP contribution in [0.4, 0.5) is 14.6 Å². The molecule has 130 valence electrons. The average Bonchev–Trinajstić information content (AvgIpc) is 3.22. The van der Waals surface area contributed by atoms with E-state index in [1.807, 2.05) is 18.2 Å². The Morgan fingerprint density at radius 1 is 1.23 bits per heavy atom. The number of carbonyl (C=O) groups is 1. The first-order valence-corrected chi connectivity index (χ1v) is 9.82. The van der Waals surface area contributed by atoms with Gasteiger partial charge in [0.2, 0.25) is 0 Å². The van der Waals surface area contributed by atoms with Gasteiger partial charge in [0.1, 0.15) is 0 Å². The standard InChI is InChI=1S/C19H12ClFN2O2Se/c1-11-22-15-9-13(20)12(8-17(15)25-11)18-6-7-19(26-18)23(10-24)16-5-3-2-4-14(16)21/h2-10H,1H3. The summed E-state index contributed by atoms with van der Waals surface area (Å²) in [6, 6.07) is 13.6. The third-order valence-electron chi connectivity index (χ3n) is 3.90. The summed E-state index contributed by atoms with van der Waals surface area (Å²) in [5.41, 5.74) is 2.43. The third kappa shape index (κ3) is 2.96. The van der Waals surface area contributed by atoms with E-state index in [2.05, 4.69) is 4.98 Å². The first-order chi connectivity index (χ1) is 12.6. The van der Waals surface area contributed by atoms with Gasteiger partial charge in [-0.1, -0.05) is 0 Å². The van der Waals surface area contributed by atoms with Crippen molar-refractivity contribution in [3.05, 3.63) is 65.3 Å². The summed E-state index contributed by atoms with van der Waals surface area (Å²) in [6.07, 6.45) is 0.632. The molecule has 2 heterocycles. The number of hydrogen-bond donors (Lipinski definition) is 0. The van der Waals surface area contributed by atoms with Gasteiger partial charge in [0.05, 0.1) is 0 Å². The van der Waals surface area contributed by atoms with E-state index in [4.69, 9.17) is 16.0 Å². The number of oxazole rings is 1. The van der Waals surface area contributed by atoms with Gasteiger partial charge in [-0.05, 0) is 0 Å². The predicted molar refractivity (Wildman–Crippen MR) is 101 cm³/mol. The molecule has 0 fully saturated rings. The fraction of sp³-hybridized carbons (Fsp3) is 0.0526. The Morgan fingerprint density at radius 3 is 2.81 bits per heavy atom. The summed E-state index contributed by atoms with van der Waals surface area (Å²) in [5.74, 6) is 0.131. The van der Waals surface area contributed by atoms with E-state index in [0.717, 1.165) is 14.6 Å². The first-order valence-electron chi connectivity index (χ1n) is 7.73. The second kappa shape index (κ2) is 6.72. The van der Waals surface area contributed by atoms with Crippen LogP contribution in [0.15, 0.2) is 52.9 Å². The van der Waals surface area contributed by atoms with Crippen molar-refractivity contribution < 1.29 is 13.6 Å². The molecule has 26 heavy (non-hydrogen) atoms. The van der Waals surface area contributed by atoms with Crippen LogP contribution in [0.2, 0.25) is 5.02 Å². The molecule has 4 rings (SSSR count). The minimum atomic E-state index is -0.443. The molecule has 1 amide bonds. The molecule has 0 aliphatic heterocycles. The summed E-state index contributed by atoms with van der Waals surface area (Å²) in [7, 11) is 0. The Labute approximate surface area is 159 Å². The Hall–Kier alpha value is -2.40. The molecule has 0 bridgehead atoms. The summed E-state index contributed by atoms with van der Waals surface area (Å²) >= 11 is 6.20. The number of nitrogens with zero attached hydrogens (tertiary/aromatic N) is 2. The van der Waals surface area contributed by atoms with Crippen LogP contribution < -0.4 is 4.90 Å². The molecule has 2 aromatic heterocycles. The maximum atomic E-state index is 14.1. The molecule has 2 aromatic carbocycles. The van der Waals surface area contributed by atoms with E-state index >= 15 is 0 Å². The molecule has 0 saturated carbocycles. The van der Waals surface area contributed by atoms with Gasteiger partial charge in [0.25, 0.3) is 0 Å². The van der Waals surface area contributed by atoms with Crippen molar-refractivity contribution in [1.29, 1.82) is 0 Å². The summed E-state index contributed by atoms with van der Waals surface area (Å²) in [6.45, 7) is 1.78. The van der Waals surface area contributed by atoms with Gasteiger partial charge in [0, 0.05) is 0 Å². The van der Waals surface area contributed by atoms with Crippen LogP contribution in [0.25, 0.3) is 21.1 Å². The number of para-hydroxylation sites is 1. The van der Waals surface area contributed by atoms with E-state index in [1.54, 1.807) is 31.2 Å². The fourth-order valence-electron chi connectivity index (χ4n) is 2.73. The van der Waals surface area contributed by atoms with Crippen LogP contribution in [0, 0.1) is 12.7 Å². The van der Waals surface area contributed by atoms with Crippen LogP contribution in [0.1, 0.15) is 5.89 Å². The first kappa shape index (κ1) is 17.0. The van der Waals surface area contributed by atoms with Gasteiger partial charge in [-0.2, -0.15) is 0 Å². The number of aryl methyl sites for hydroxylation is 1. The van der Waals surface area contributed by atoms with Gasteiger partial charge in [-0.15, -0.1) is 0 Å². The zero-order valence-electron chi connectivity index (χ0n) is 13.6. The monoisotopic (exact) mass is 434 g/mol. The zero-order valence-corrected chi connectivity index (χ0v) is 16.0. The number of aromatic nitrogens is 1. The number of benzene rings is 2. The number of carbonyl (C=O) groups excluding carboxylic acids is 1. The molecule has 0 saturated heterocycles. The molecular weight excluding hydrogens is 422 g/mol. The Balaban J connectivity index is 1.77. The van der Waals surface area contributed by atoms with Crippen molar-refractivity contribution in [3.8, 4) is 10.0 Å². The van der Waals surface area contributed by atoms with Crippen molar-refractivity contribution >= 4 is 53.9 Å². The van der Waals surface area contributed by atoms with Gasteiger partial charge in [-0.3, -0.25) is 0 Å². The molecule has 0 spiro atoms. The zero-order chi connectivity index (χ0) is 18.3. The van der Waals surface area contributed by atoms with Crippen molar-refractivity contribution in [3.63, 3.8) is 0 Å². The number of anilines is 2. The normalized spacial score (nSPS) is 11.0. The Bertz CT molecular complexity index is 1120. The van der Waals surface area contributed by atoms with Crippen molar-refractivity contribution in [2.45, 2.75) is 6.92 Å². The second-order valence-electron chi connectivity index (χ2n) is 5.60. The molecule has 0 aliphatic rings. The van der Waals surface area contributed by atoms with Crippen LogP contribution >= 0.6 is 11.6 Å². The van der Waals surface area contributed by atoms with Crippen molar-refractivity contribution in [1.82, 2.24) is 4.98 Å². The van der Waals surface area contributed by atoms with Crippen molar-refractivity contribution in [2.75, 3.05) is 4.90 Å². The molecule has 7 heteroatoms. The number of fused-ring (bicyclic) bond motifs is 1. The van der Waals surface area contributed by atoms with Gasteiger partial charge in [0.15, 0.2) is 0 Å². The minimum absolute atomic E-state index is 0.213. The van der Waals surface area contributed by atoms with Gasteiger partial charge >= 0.3 is 160 Å². The van der Waals surface area contributed by atoms with Crippen LogP contribution in [0.3, 0.4) is 0 Å². The predicted octanol–water partition coefficient (Wildman–Crippen LogP) is 4.95. The van der Waals surface area contributed by atoms with Crippen LogP contribution in [-0.4, -0.2) is 25.9 Å². The second-order valence-corrected chi connectivity index (χ2v) is 8.23. The molecule has 0 unspecified atom stereocenters. The van der Waals surface area contributed by atoms with E-state index < -0.39 is 5.82 Å². The fourth-order valence-corrected chi connectivity index (χ4v) is 5.25. The van der Waals surface area contributed by atoms with Crippen LogP contribution in [0.5, 0.6) is 0 Å². The quantitative estimate of drug-likeness (QED) is 0.338. The maximum absolute atomic E-state index is 14.1. The number of amides is 1. The molecule has 0 aliphatic carbocycles. The van der Waals surface area contributed by atoms with Gasteiger partial charge < -0.3 is 0 Å². The molecule has 0 N–H and O–H groups in total. The van der Waals surface area contributed by atoms with Gasteiger partial charge in [-0.25, -0.2) is 0 Å². The van der Waals surface area contributed by atoms with Crippen molar-refractivity contribution in [2.24, 2.45) is 0 Å². The summed E-state index contributed by atoms with van der Waals surface area (Å²) in [4.78, 5) is 17.2. The number of hydrogen-bond acceptors (Lipinski definition) is 3. The van der Waals surface area contributed by atoms with Crippen LogP contribution in [-0.2, 0) is 4.79 Å².